The quantitative estimate of drug-likeness (QED) is 0.640. The lowest BCUT2D eigenvalue weighted by molar-refractivity contribution is -0.153. The molecule has 0 saturated carbocycles. The second-order valence-electron chi connectivity index (χ2n) is 2.99. The summed E-state index contributed by atoms with van der Waals surface area (Å²) < 4.78 is 4.86. The largest absolute Gasteiger partial charge is 0.463 e. The summed E-state index contributed by atoms with van der Waals surface area (Å²) in [7, 11) is 0. The molecule has 0 aromatic carbocycles. The van der Waals surface area contributed by atoms with E-state index in [-0.39, 0.29) is 0 Å². The first-order chi connectivity index (χ1) is 5.61. The number of esters is 1. The van der Waals surface area contributed by atoms with Crippen molar-refractivity contribution in [2.75, 3.05) is 6.61 Å². The molecule has 0 rings (SSSR count). The van der Waals surface area contributed by atoms with Crippen LogP contribution in [0.1, 0.15) is 33.6 Å². The molecule has 0 radical (unpaired) electrons. The Balaban J connectivity index is 3.59. The molecule has 0 spiro atoms. The second kappa shape index (κ2) is 6.00. The third-order valence-corrected chi connectivity index (χ3v) is 1.96. The summed E-state index contributed by atoms with van der Waals surface area (Å²) in [4.78, 5) is 10.8. The fourth-order valence-electron chi connectivity index (χ4n) is 0.845. The maximum atomic E-state index is 10.8. The van der Waals surface area contributed by atoms with Gasteiger partial charge in [-0.3, -0.25) is 0 Å². The van der Waals surface area contributed by atoms with Gasteiger partial charge in [0.2, 0.25) is 0 Å². The highest BCUT2D eigenvalue weighted by molar-refractivity contribution is 5.73. The van der Waals surface area contributed by atoms with Crippen LogP contribution in [0.25, 0.3) is 0 Å². The van der Waals surface area contributed by atoms with Crippen molar-refractivity contribution >= 4 is 5.97 Å². The zero-order valence-corrected chi connectivity index (χ0v) is 8.04. The van der Waals surface area contributed by atoms with Crippen LogP contribution in [0.5, 0.6) is 0 Å². The van der Waals surface area contributed by atoms with Crippen molar-refractivity contribution in [3.8, 4) is 0 Å². The molecule has 0 aromatic heterocycles. The lowest BCUT2D eigenvalue weighted by Gasteiger charge is -2.13. The van der Waals surface area contributed by atoms with Gasteiger partial charge in [-0.05, 0) is 12.8 Å². The molecule has 0 bridgehead atoms. The van der Waals surface area contributed by atoms with Gasteiger partial charge in [-0.1, -0.05) is 26.7 Å². The summed E-state index contributed by atoms with van der Waals surface area (Å²) in [5.41, 5.74) is 0. The maximum absolute atomic E-state index is 10.8. The molecule has 1 atom stereocenters. The van der Waals surface area contributed by atoms with Gasteiger partial charge in [0.15, 0.2) is 0 Å². The van der Waals surface area contributed by atoms with Gasteiger partial charge in [-0.25, -0.2) is 4.79 Å². The topological polar surface area (TPSA) is 46.5 Å². The Hall–Kier alpha value is -0.570. The molecule has 0 aliphatic carbocycles. The van der Waals surface area contributed by atoms with Crippen LogP contribution in [-0.4, -0.2) is 23.8 Å². The molecular formula is C9H18O3. The number of aliphatic hydroxyl groups is 1. The number of carbonyl (C=O) groups is 1. The molecule has 72 valence electrons. The van der Waals surface area contributed by atoms with Crippen LogP contribution in [0.4, 0.5) is 0 Å². The lowest BCUT2D eigenvalue weighted by Crippen LogP contribution is -2.22. The predicted molar refractivity (Wildman–Crippen MR) is 46.7 cm³/mol. The molecule has 0 fully saturated rings. The Morgan fingerprint density at radius 2 is 1.92 bits per heavy atom. The monoisotopic (exact) mass is 174 g/mol. The molecule has 3 heteroatoms. The van der Waals surface area contributed by atoms with Crippen molar-refractivity contribution in [2.45, 2.75) is 39.7 Å². The van der Waals surface area contributed by atoms with Gasteiger partial charge >= 0.3 is 5.97 Å². The highest BCUT2D eigenvalue weighted by Gasteiger charge is 2.12. The zero-order valence-electron chi connectivity index (χ0n) is 8.04. The molecule has 0 aromatic rings. The van der Waals surface area contributed by atoms with Crippen molar-refractivity contribution in [2.24, 2.45) is 5.92 Å². The van der Waals surface area contributed by atoms with Crippen LogP contribution >= 0.6 is 0 Å². The molecule has 0 aliphatic rings. The van der Waals surface area contributed by atoms with E-state index in [9.17, 15) is 4.79 Å². The van der Waals surface area contributed by atoms with Crippen LogP contribution in [0.3, 0.4) is 0 Å². The van der Waals surface area contributed by atoms with Crippen LogP contribution in [0, 0.1) is 5.92 Å². The molecule has 0 saturated heterocycles. The first-order valence-electron chi connectivity index (χ1n) is 4.46. The van der Waals surface area contributed by atoms with Gasteiger partial charge in [-0.15, -0.1) is 0 Å². The van der Waals surface area contributed by atoms with E-state index in [4.69, 9.17) is 9.84 Å². The van der Waals surface area contributed by atoms with Crippen LogP contribution in [-0.2, 0) is 9.53 Å². The molecule has 12 heavy (non-hydrogen) atoms. The van der Waals surface area contributed by atoms with Crippen molar-refractivity contribution in [3.63, 3.8) is 0 Å². The molecule has 3 nitrogen and oxygen atoms in total. The fraction of sp³-hybridized carbons (Fsp3) is 0.889. The summed E-state index contributed by atoms with van der Waals surface area (Å²) in [6.07, 6.45) is 1.01. The zero-order chi connectivity index (χ0) is 9.56. The normalized spacial score (nSPS) is 13.1. The van der Waals surface area contributed by atoms with Gasteiger partial charge in [0, 0.05) is 0 Å². The van der Waals surface area contributed by atoms with Crippen LogP contribution in [0.15, 0.2) is 0 Å². The number of aliphatic hydroxyl groups excluding tert-OH is 1. The van der Waals surface area contributed by atoms with Crippen LogP contribution in [0.2, 0.25) is 0 Å². The summed E-state index contributed by atoms with van der Waals surface area (Å²) in [6.45, 7) is 5.96. The van der Waals surface area contributed by atoms with E-state index in [0.29, 0.717) is 12.5 Å². The van der Waals surface area contributed by atoms with Gasteiger partial charge in [0.1, 0.15) is 6.10 Å². The van der Waals surface area contributed by atoms with Crippen molar-refractivity contribution in [3.05, 3.63) is 0 Å². The van der Waals surface area contributed by atoms with E-state index in [2.05, 4.69) is 13.8 Å². The minimum Gasteiger partial charge on any atom is -0.463 e. The van der Waals surface area contributed by atoms with E-state index in [1.165, 1.54) is 6.92 Å². The van der Waals surface area contributed by atoms with Crippen molar-refractivity contribution in [1.29, 1.82) is 0 Å². The van der Waals surface area contributed by atoms with E-state index < -0.39 is 12.1 Å². The average Bonchev–Trinajstić information content (AvgIpc) is 2.05. The minimum absolute atomic E-state index is 0.424. The molecule has 0 unspecified atom stereocenters. The van der Waals surface area contributed by atoms with Crippen LogP contribution < -0.4 is 0 Å². The van der Waals surface area contributed by atoms with Gasteiger partial charge in [0.05, 0.1) is 6.61 Å². The number of hydrogen-bond acceptors (Lipinski definition) is 3. The average molecular weight is 174 g/mol. The number of hydrogen-bond donors (Lipinski definition) is 1. The Morgan fingerprint density at radius 3 is 2.25 bits per heavy atom. The number of carbonyl (C=O) groups excluding carboxylic acids is 1. The Kier molecular flexibility index (Phi) is 5.72. The summed E-state index contributed by atoms with van der Waals surface area (Å²) in [5, 5.41) is 8.80. The number of ether oxygens (including phenoxy) is 1. The lowest BCUT2D eigenvalue weighted by atomic mass is 10.1. The molecule has 0 amide bonds. The standard InChI is InChI=1S/C9H18O3/c1-4-8(5-2)6-12-9(11)7(3)10/h7-8,10H,4-6H2,1-3H3/t7-/m0/s1. The van der Waals surface area contributed by atoms with E-state index in [0.717, 1.165) is 12.8 Å². The summed E-state index contributed by atoms with van der Waals surface area (Å²) in [6, 6.07) is 0. The van der Waals surface area contributed by atoms with Crippen molar-refractivity contribution in [1.82, 2.24) is 0 Å². The van der Waals surface area contributed by atoms with Gasteiger partial charge in [-0.2, -0.15) is 0 Å². The van der Waals surface area contributed by atoms with Gasteiger partial charge < -0.3 is 9.84 Å². The highest BCUT2D eigenvalue weighted by atomic mass is 16.5. The maximum Gasteiger partial charge on any atom is 0.334 e. The van der Waals surface area contributed by atoms with E-state index in [1.54, 1.807) is 0 Å². The van der Waals surface area contributed by atoms with E-state index >= 15 is 0 Å². The second-order valence-corrected chi connectivity index (χ2v) is 2.99. The third-order valence-electron chi connectivity index (χ3n) is 1.96. The van der Waals surface area contributed by atoms with Crippen molar-refractivity contribution < 1.29 is 14.6 Å². The molecule has 0 heterocycles. The minimum atomic E-state index is -1.00. The highest BCUT2D eigenvalue weighted by Crippen LogP contribution is 2.07. The summed E-state index contributed by atoms with van der Waals surface area (Å²) >= 11 is 0. The first-order valence-corrected chi connectivity index (χ1v) is 4.46. The van der Waals surface area contributed by atoms with E-state index in [1.807, 2.05) is 0 Å². The Bertz CT molecular complexity index is 128. The Labute approximate surface area is 73.7 Å². The first kappa shape index (κ1) is 11.4. The SMILES string of the molecule is CCC(CC)COC(=O)[C@H](C)O. The molecular weight excluding hydrogens is 156 g/mol. The Morgan fingerprint density at radius 1 is 1.42 bits per heavy atom. The predicted octanol–water partition coefficient (Wildman–Crippen LogP) is 1.35. The third kappa shape index (κ3) is 4.34. The van der Waals surface area contributed by atoms with Gasteiger partial charge in [0.25, 0.3) is 0 Å². The smallest absolute Gasteiger partial charge is 0.334 e. The molecule has 0 aliphatic heterocycles. The molecule has 1 N–H and O–H groups in total. The fourth-order valence-corrected chi connectivity index (χ4v) is 0.845. The summed E-state index contributed by atoms with van der Waals surface area (Å²) in [5.74, 6) is -0.102. The number of rotatable bonds is 5.